The smallest absolute Gasteiger partial charge is 0.249 e. The number of fused-ring (bicyclic) bond motifs is 2. The minimum absolute atomic E-state index is 0.0433. The molecule has 4 rings (SSSR count). The minimum Gasteiger partial charge on any atom is -0.310 e. The van der Waals surface area contributed by atoms with Gasteiger partial charge >= 0.3 is 0 Å². The highest BCUT2D eigenvalue weighted by molar-refractivity contribution is 5.98. The molecule has 2 N–H and O–H groups in total. The first-order chi connectivity index (χ1) is 13.0. The molecule has 0 radical (unpaired) electrons. The highest BCUT2D eigenvalue weighted by atomic mass is 16.2. The zero-order valence-electron chi connectivity index (χ0n) is 16.9. The Labute approximate surface area is 160 Å². The summed E-state index contributed by atoms with van der Waals surface area (Å²) < 4.78 is 0. The lowest BCUT2D eigenvalue weighted by Crippen LogP contribution is -2.04. The zero-order valence-corrected chi connectivity index (χ0v) is 16.9. The standard InChI is InChI=1S/C9H8N2O.C8H8N2O.2C2H6/c1-6-4-5-10-9-7(6)2-3-8(12)11-9;1-5-2-3-9-8-6(5)4-7(11)10-8;2*1-2/h2-5H,1H3,(H,10,11,12);2-3H,4H2,1H3,(H,9,10,11);2*1-2H3. The minimum atomic E-state index is -0.111. The lowest BCUT2D eigenvalue weighted by Gasteiger charge is -1.98. The number of aromatic amines is 1. The van der Waals surface area contributed by atoms with E-state index in [0.29, 0.717) is 12.1 Å². The van der Waals surface area contributed by atoms with Crippen LogP contribution in [0.3, 0.4) is 0 Å². The molecule has 1 amide bonds. The van der Waals surface area contributed by atoms with Gasteiger partial charge in [0.2, 0.25) is 11.5 Å². The first kappa shape index (κ1) is 22.0. The topological polar surface area (TPSA) is 87.7 Å². The van der Waals surface area contributed by atoms with Crippen LogP contribution in [0, 0.1) is 13.8 Å². The van der Waals surface area contributed by atoms with E-state index in [1.54, 1.807) is 18.5 Å². The zero-order chi connectivity index (χ0) is 20.4. The van der Waals surface area contributed by atoms with Gasteiger partial charge in [0.25, 0.3) is 0 Å². The molecule has 3 aromatic heterocycles. The van der Waals surface area contributed by atoms with Crippen LogP contribution >= 0.6 is 0 Å². The van der Waals surface area contributed by atoms with E-state index in [2.05, 4.69) is 20.3 Å². The number of carbonyl (C=O) groups excluding carboxylic acids is 1. The second kappa shape index (κ2) is 10.9. The number of carbonyl (C=O) groups is 1. The van der Waals surface area contributed by atoms with Crippen molar-refractivity contribution in [1.82, 2.24) is 15.0 Å². The van der Waals surface area contributed by atoms with E-state index >= 15 is 0 Å². The van der Waals surface area contributed by atoms with Crippen LogP contribution in [0.1, 0.15) is 44.4 Å². The van der Waals surface area contributed by atoms with Gasteiger partial charge < -0.3 is 10.3 Å². The Hall–Kier alpha value is -3.02. The maximum Gasteiger partial charge on any atom is 0.249 e. The van der Waals surface area contributed by atoms with E-state index in [9.17, 15) is 9.59 Å². The molecule has 0 atom stereocenters. The van der Waals surface area contributed by atoms with Gasteiger partial charge in [-0.05, 0) is 43.2 Å². The molecule has 144 valence electrons. The molecule has 4 heterocycles. The van der Waals surface area contributed by atoms with Gasteiger partial charge in [-0.2, -0.15) is 0 Å². The number of nitrogens with one attached hydrogen (secondary N) is 2. The molecule has 1 aliphatic heterocycles. The monoisotopic (exact) mass is 368 g/mol. The highest BCUT2D eigenvalue weighted by Crippen LogP contribution is 2.22. The van der Waals surface area contributed by atoms with Crippen LogP contribution in [0.4, 0.5) is 5.82 Å². The fraction of sp³-hybridized carbons (Fsp3) is 0.333. The van der Waals surface area contributed by atoms with Crippen molar-refractivity contribution in [1.29, 1.82) is 0 Å². The molecule has 0 unspecified atom stereocenters. The Morgan fingerprint density at radius 3 is 2.15 bits per heavy atom. The summed E-state index contributed by atoms with van der Waals surface area (Å²) in [7, 11) is 0. The molecule has 1 aliphatic rings. The molecule has 0 aliphatic carbocycles. The Kier molecular flexibility index (Phi) is 8.85. The van der Waals surface area contributed by atoms with Crippen LogP contribution in [0.15, 0.2) is 41.5 Å². The Balaban J connectivity index is 0.000000229. The van der Waals surface area contributed by atoms with Crippen LogP contribution in [0.2, 0.25) is 0 Å². The van der Waals surface area contributed by atoms with Crippen LogP contribution in [-0.2, 0) is 11.2 Å². The van der Waals surface area contributed by atoms with Gasteiger partial charge in [0, 0.05) is 29.4 Å². The van der Waals surface area contributed by atoms with E-state index in [0.717, 1.165) is 27.9 Å². The molecule has 27 heavy (non-hydrogen) atoms. The van der Waals surface area contributed by atoms with E-state index in [-0.39, 0.29) is 11.5 Å². The molecular weight excluding hydrogens is 340 g/mol. The number of hydrogen-bond donors (Lipinski definition) is 2. The maximum atomic E-state index is 10.9. The van der Waals surface area contributed by atoms with E-state index < -0.39 is 0 Å². The fourth-order valence-corrected chi connectivity index (χ4v) is 2.45. The third-order valence-corrected chi connectivity index (χ3v) is 3.74. The van der Waals surface area contributed by atoms with Crippen molar-refractivity contribution in [3.8, 4) is 0 Å². The summed E-state index contributed by atoms with van der Waals surface area (Å²) in [5, 5.41) is 3.69. The van der Waals surface area contributed by atoms with Crippen molar-refractivity contribution in [3.63, 3.8) is 0 Å². The molecule has 0 saturated heterocycles. The molecule has 6 heteroatoms. The Morgan fingerprint density at radius 2 is 1.48 bits per heavy atom. The molecule has 0 spiro atoms. The Morgan fingerprint density at radius 1 is 0.852 bits per heavy atom. The molecule has 0 aromatic carbocycles. The second-order valence-corrected chi connectivity index (χ2v) is 5.39. The summed E-state index contributed by atoms with van der Waals surface area (Å²) in [4.78, 5) is 32.6. The SMILES string of the molecule is CC.CC.Cc1ccnc2[nH]c(=O)ccc12.Cc1ccnc2c1CC(=O)N2. The van der Waals surface area contributed by atoms with Crippen LogP contribution in [0.25, 0.3) is 11.0 Å². The quantitative estimate of drug-likeness (QED) is 0.623. The predicted molar refractivity (Wildman–Crippen MR) is 111 cm³/mol. The summed E-state index contributed by atoms with van der Waals surface area (Å²) in [6.45, 7) is 12.0. The van der Waals surface area contributed by atoms with Gasteiger partial charge in [-0.25, -0.2) is 9.97 Å². The summed E-state index contributed by atoms with van der Waals surface area (Å²) in [6.07, 6.45) is 3.88. The second-order valence-electron chi connectivity index (χ2n) is 5.39. The fourth-order valence-electron chi connectivity index (χ4n) is 2.45. The van der Waals surface area contributed by atoms with E-state index in [1.807, 2.05) is 53.7 Å². The number of rotatable bonds is 0. The number of anilines is 1. The summed E-state index contributed by atoms with van der Waals surface area (Å²) in [6, 6.07) is 7.13. The van der Waals surface area contributed by atoms with Gasteiger partial charge in [0.1, 0.15) is 11.5 Å². The highest BCUT2D eigenvalue weighted by Gasteiger charge is 2.19. The van der Waals surface area contributed by atoms with Crippen molar-refractivity contribution >= 4 is 22.8 Å². The van der Waals surface area contributed by atoms with Gasteiger partial charge in [0.05, 0.1) is 6.42 Å². The first-order valence-electron chi connectivity index (χ1n) is 9.23. The van der Waals surface area contributed by atoms with Gasteiger partial charge in [-0.15, -0.1) is 0 Å². The normalized spacial score (nSPS) is 11.0. The summed E-state index contributed by atoms with van der Waals surface area (Å²) in [5.74, 6) is 0.775. The maximum absolute atomic E-state index is 10.9. The number of aromatic nitrogens is 3. The average molecular weight is 368 g/mol. The van der Waals surface area contributed by atoms with Crippen molar-refractivity contribution in [2.24, 2.45) is 0 Å². The third kappa shape index (κ3) is 5.74. The van der Waals surface area contributed by atoms with Crippen LogP contribution in [-0.4, -0.2) is 20.9 Å². The first-order valence-corrected chi connectivity index (χ1v) is 9.23. The van der Waals surface area contributed by atoms with E-state index in [4.69, 9.17) is 0 Å². The molecule has 6 nitrogen and oxygen atoms in total. The number of amides is 1. The number of nitrogens with zero attached hydrogens (tertiary/aromatic N) is 2. The van der Waals surface area contributed by atoms with Crippen LogP contribution < -0.4 is 10.9 Å². The van der Waals surface area contributed by atoms with Crippen LogP contribution in [0.5, 0.6) is 0 Å². The van der Waals surface area contributed by atoms with Gasteiger partial charge in [-0.3, -0.25) is 9.59 Å². The lowest BCUT2D eigenvalue weighted by atomic mass is 10.1. The Bertz CT molecular complexity index is 948. The van der Waals surface area contributed by atoms with Crippen molar-refractivity contribution < 1.29 is 4.79 Å². The molecule has 0 bridgehead atoms. The number of pyridine rings is 3. The largest absolute Gasteiger partial charge is 0.310 e. The number of hydrogen-bond acceptors (Lipinski definition) is 4. The van der Waals surface area contributed by atoms with E-state index in [1.165, 1.54) is 6.07 Å². The summed E-state index contributed by atoms with van der Waals surface area (Å²) >= 11 is 0. The third-order valence-electron chi connectivity index (χ3n) is 3.74. The average Bonchev–Trinajstić information content (AvgIpc) is 3.07. The molecule has 0 fully saturated rings. The molecule has 0 saturated carbocycles. The van der Waals surface area contributed by atoms with Gasteiger partial charge in [-0.1, -0.05) is 27.7 Å². The number of H-pyrrole nitrogens is 1. The van der Waals surface area contributed by atoms with Crippen molar-refractivity contribution in [2.75, 3.05) is 5.32 Å². The molecular formula is C21H28N4O2. The summed E-state index contributed by atoms with van der Waals surface area (Å²) in [5.41, 5.74) is 3.84. The number of aryl methyl sites for hydroxylation is 2. The van der Waals surface area contributed by atoms with Crippen molar-refractivity contribution in [3.05, 3.63) is 63.7 Å². The predicted octanol–water partition coefficient (Wildman–Crippen LogP) is 4.17. The molecule has 3 aromatic rings. The lowest BCUT2D eigenvalue weighted by molar-refractivity contribution is -0.115. The van der Waals surface area contributed by atoms with Gasteiger partial charge in [0.15, 0.2) is 0 Å². The van der Waals surface area contributed by atoms with Crippen molar-refractivity contribution in [2.45, 2.75) is 48.0 Å².